The Morgan fingerprint density at radius 3 is 2.63 bits per heavy atom. The van der Waals surface area contributed by atoms with E-state index in [0.29, 0.717) is 18.0 Å². The van der Waals surface area contributed by atoms with Gasteiger partial charge in [-0.15, -0.1) is 0 Å². The Morgan fingerprint density at radius 1 is 1.21 bits per heavy atom. The molecular weight excluding hydrogens is 246 g/mol. The number of carbonyl (C=O) groups is 1. The van der Waals surface area contributed by atoms with Crippen molar-refractivity contribution in [2.45, 2.75) is 5.92 Å². The molecule has 0 aromatic heterocycles. The predicted octanol–water partition coefficient (Wildman–Crippen LogP) is 1.18. The molecule has 1 aromatic rings. The summed E-state index contributed by atoms with van der Waals surface area (Å²) in [5, 5.41) is 3.23. The van der Waals surface area contributed by atoms with Gasteiger partial charge in [0.15, 0.2) is 11.5 Å². The van der Waals surface area contributed by atoms with Crippen molar-refractivity contribution < 1.29 is 19.0 Å². The van der Waals surface area contributed by atoms with Gasteiger partial charge in [-0.05, 0) is 6.07 Å². The Kier molecular flexibility index (Phi) is 4.27. The fourth-order valence-corrected chi connectivity index (χ4v) is 2.61. The quantitative estimate of drug-likeness (QED) is 0.828. The van der Waals surface area contributed by atoms with Crippen LogP contribution >= 0.6 is 0 Å². The average molecular weight is 265 g/mol. The van der Waals surface area contributed by atoms with E-state index in [9.17, 15) is 4.79 Å². The van der Waals surface area contributed by atoms with Gasteiger partial charge in [0.1, 0.15) is 0 Å². The first-order valence-electron chi connectivity index (χ1n) is 6.22. The van der Waals surface area contributed by atoms with E-state index in [1.54, 1.807) is 14.2 Å². The molecule has 1 fully saturated rings. The van der Waals surface area contributed by atoms with Crippen molar-refractivity contribution in [3.05, 3.63) is 23.8 Å². The fraction of sp³-hybridized carbons (Fsp3) is 0.500. The molecule has 5 heteroatoms. The maximum absolute atomic E-state index is 11.8. The van der Waals surface area contributed by atoms with Crippen molar-refractivity contribution in [2.75, 3.05) is 34.4 Å². The Bertz CT molecular complexity index is 461. The van der Waals surface area contributed by atoms with Crippen LogP contribution in [0.4, 0.5) is 0 Å². The summed E-state index contributed by atoms with van der Waals surface area (Å²) in [6.45, 7) is 1.35. The number of hydrogen-bond acceptors (Lipinski definition) is 5. The van der Waals surface area contributed by atoms with Crippen LogP contribution in [0.15, 0.2) is 18.2 Å². The summed E-state index contributed by atoms with van der Waals surface area (Å²) in [5.41, 5.74) is 0.974. The molecule has 1 N–H and O–H groups in total. The minimum atomic E-state index is -0.195. The van der Waals surface area contributed by atoms with Crippen molar-refractivity contribution in [3.8, 4) is 11.5 Å². The van der Waals surface area contributed by atoms with Gasteiger partial charge in [0.25, 0.3) is 0 Å². The summed E-state index contributed by atoms with van der Waals surface area (Å²) in [6.07, 6.45) is 0. The lowest BCUT2D eigenvalue weighted by Crippen LogP contribution is -2.23. The maximum Gasteiger partial charge on any atom is 0.310 e. The number of para-hydroxylation sites is 1. The first-order valence-corrected chi connectivity index (χ1v) is 6.22. The van der Waals surface area contributed by atoms with Crippen LogP contribution in [0.1, 0.15) is 11.5 Å². The van der Waals surface area contributed by atoms with Crippen LogP contribution in [0.25, 0.3) is 0 Å². The molecule has 5 nitrogen and oxygen atoms in total. The molecule has 19 heavy (non-hydrogen) atoms. The van der Waals surface area contributed by atoms with Gasteiger partial charge in [0, 0.05) is 24.6 Å². The van der Waals surface area contributed by atoms with Gasteiger partial charge in [-0.25, -0.2) is 0 Å². The van der Waals surface area contributed by atoms with Gasteiger partial charge in [-0.1, -0.05) is 12.1 Å². The Hall–Kier alpha value is -1.75. The number of nitrogens with one attached hydrogen (secondary N) is 1. The van der Waals surface area contributed by atoms with Crippen molar-refractivity contribution in [2.24, 2.45) is 5.92 Å². The van der Waals surface area contributed by atoms with E-state index >= 15 is 0 Å². The molecule has 0 saturated carbocycles. The zero-order valence-electron chi connectivity index (χ0n) is 11.4. The van der Waals surface area contributed by atoms with E-state index in [1.165, 1.54) is 7.11 Å². The van der Waals surface area contributed by atoms with Crippen molar-refractivity contribution in [1.82, 2.24) is 5.32 Å². The molecule has 2 unspecified atom stereocenters. The van der Waals surface area contributed by atoms with Gasteiger partial charge in [-0.3, -0.25) is 4.79 Å². The van der Waals surface area contributed by atoms with Gasteiger partial charge >= 0.3 is 5.97 Å². The summed E-state index contributed by atoms with van der Waals surface area (Å²) in [6, 6.07) is 5.72. The van der Waals surface area contributed by atoms with Crippen molar-refractivity contribution in [3.63, 3.8) is 0 Å². The molecule has 0 radical (unpaired) electrons. The molecule has 1 saturated heterocycles. The Morgan fingerprint density at radius 2 is 2.00 bits per heavy atom. The highest BCUT2D eigenvalue weighted by Crippen LogP contribution is 2.39. The SMILES string of the molecule is COC(=O)C1CNCC1c1cccc(OC)c1OC. The number of rotatable bonds is 4. The minimum absolute atomic E-state index is 0.0394. The standard InChI is InChI=1S/C14H19NO4/c1-17-12-6-4-5-9(13(12)18-2)10-7-15-8-11(10)14(16)19-3/h4-6,10-11,15H,7-8H2,1-3H3. The highest BCUT2D eigenvalue weighted by Gasteiger charge is 2.36. The van der Waals surface area contributed by atoms with Crippen molar-refractivity contribution >= 4 is 5.97 Å². The molecule has 2 atom stereocenters. The summed E-state index contributed by atoms with van der Waals surface area (Å²) in [4.78, 5) is 11.8. The molecule has 1 aliphatic heterocycles. The van der Waals surface area contributed by atoms with Crippen LogP contribution in [-0.4, -0.2) is 40.4 Å². The first kappa shape index (κ1) is 13.7. The average Bonchev–Trinajstić information content (AvgIpc) is 2.94. The molecule has 1 aromatic carbocycles. The number of carbonyl (C=O) groups excluding carboxylic acids is 1. The van der Waals surface area contributed by atoms with Crippen LogP contribution in [0.2, 0.25) is 0 Å². The van der Waals surface area contributed by atoms with Crippen LogP contribution in [-0.2, 0) is 9.53 Å². The van der Waals surface area contributed by atoms with Gasteiger partial charge in [-0.2, -0.15) is 0 Å². The summed E-state index contributed by atoms with van der Waals surface area (Å²) in [7, 11) is 4.63. The van der Waals surface area contributed by atoms with Crippen molar-refractivity contribution in [1.29, 1.82) is 0 Å². The largest absolute Gasteiger partial charge is 0.493 e. The highest BCUT2D eigenvalue weighted by atomic mass is 16.5. The highest BCUT2D eigenvalue weighted by molar-refractivity contribution is 5.75. The van der Waals surface area contributed by atoms with Crippen LogP contribution in [0, 0.1) is 5.92 Å². The zero-order valence-corrected chi connectivity index (χ0v) is 11.4. The van der Waals surface area contributed by atoms with Crippen LogP contribution in [0.5, 0.6) is 11.5 Å². The molecule has 2 rings (SSSR count). The number of methoxy groups -OCH3 is 3. The maximum atomic E-state index is 11.8. The molecule has 1 heterocycles. The lowest BCUT2D eigenvalue weighted by molar-refractivity contribution is -0.145. The second-order valence-corrected chi connectivity index (χ2v) is 4.48. The first-order chi connectivity index (χ1) is 9.22. The number of benzene rings is 1. The lowest BCUT2D eigenvalue weighted by Gasteiger charge is -2.20. The second-order valence-electron chi connectivity index (χ2n) is 4.48. The molecule has 0 aliphatic carbocycles. The summed E-state index contributed by atoms with van der Waals surface area (Å²) >= 11 is 0. The van der Waals surface area contributed by atoms with Crippen LogP contribution in [0.3, 0.4) is 0 Å². The third-order valence-electron chi connectivity index (χ3n) is 3.55. The third-order valence-corrected chi connectivity index (χ3v) is 3.55. The Labute approximate surface area is 112 Å². The summed E-state index contributed by atoms with van der Waals surface area (Å²) in [5.74, 6) is 1.02. The normalized spacial score (nSPS) is 22.1. The summed E-state index contributed by atoms with van der Waals surface area (Å²) < 4.78 is 15.6. The molecule has 0 amide bonds. The van der Waals surface area contributed by atoms with E-state index in [1.807, 2.05) is 18.2 Å². The molecular formula is C14H19NO4. The van der Waals surface area contributed by atoms with E-state index < -0.39 is 0 Å². The topological polar surface area (TPSA) is 56.8 Å². The Balaban J connectivity index is 2.38. The molecule has 0 bridgehead atoms. The van der Waals surface area contributed by atoms with E-state index in [2.05, 4.69) is 5.32 Å². The zero-order chi connectivity index (χ0) is 13.8. The van der Waals surface area contributed by atoms with E-state index in [0.717, 1.165) is 12.1 Å². The number of ether oxygens (including phenoxy) is 3. The lowest BCUT2D eigenvalue weighted by atomic mass is 9.88. The van der Waals surface area contributed by atoms with Gasteiger partial charge in [0.2, 0.25) is 0 Å². The molecule has 104 valence electrons. The molecule has 1 aliphatic rings. The van der Waals surface area contributed by atoms with E-state index in [4.69, 9.17) is 14.2 Å². The second kappa shape index (κ2) is 5.93. The van der Waals surface area contributed by atoms with E-state index in [-0.39, 0.29) is 17.8 Å². The smallest absolute Gasteiger partial charge is 0.310 e. The monoisotopic (exact) mass is 265 g/mol. The van der Waals surface area contributed by atoms with Gasteiger partial charge < -0.3 is 19.5 Å². The minimum Gasteiger partial charge on any atom is -0.493 e. The number of esters is 1. The predicted molar refractivity (Wildman–Crippen MR) is 70.7 cm³/mol. The molecule has 0 spiro atoms. The third kappa shape index (κ3) is 2.51. The van der Waals surface area contributed by atoms with Gasteiger partial charge in [0.05, 0.1) is 27.2 Å². The fourth-order valence-electron chi connectivity index (χ4n) is 2.61. The number of hydrogen-bond donors (Lipinski definition) is 1. The van der Waals surface area contributed by atoms with Crippen LogP contribution < -0.4 is 14.8 Å².